The Morgan fingerprint density at radius 2 is 2.15 bits per heavy atom. The van der Waals surface area contributed by atoms with Crippen LogP contribution in [0.25, 0.3) is 5.69 Å². The zero-order valence-corrected chi connectivity index (χ0v) is 14.9. The van der Waals surface area contributed by atoms with Crippen molar-refractivity contribution in [2.45, 2.75) is 25.5 Å². The van der Waals surface area contributed by atoms with Crippen LogP contribution in [0.1, 0.15) is 24.2 Å². The maximum absolute atomic E-state index is 12.8. The topological polar surface area (TPSA) is 111 Å². The van der Waals surface area contributed by atoms with Gasteiger partial charge in [-0.05, 0) is 31.2 Å². The number of hydrogen-bond donors (Lipinski definition) is 1. The highest BCUT2D eigenvalue weighted by molar-refractivity contribution is 5.89. The van der Waals surface area contributed by atoms with Crippen LogP contribution in [0.4, 0.5) is 10.5 Å². The molecule has 1 aromatic carbocycles. The van der Waals surface area contributed by atoms with Crippen LogP contribution in [-0.4, -0.2) is 55.8 Å². The lowest BCUT2D eigenvalue weighted by molar-refractivity contribution is 0.111. The number of benzene rings is 1. The number of hydrogen-bond acceptors (Lipinski definition) is 7. The molecule has 10 nitrogen and oxygen atoms in total. The number of rotatable bonds is 4. The fourth-order valence-electron chi connectivity index (χ4n) is 3.11. The molecular formula is C17H19N7O3. The molecule has 1 saturated heterocycles. The molecule has 0 aliphatic carbocycles. The van der Waals surface area contributed by atoms with Crippen molar-refractivity contribution in [1.82, 2.24) is 30.0 Å². The first-order valence-electron chi connectivity index (χ1n) is 8.51. The molecule has 3 aromatic rings. The molecule has 2 aromatic heterocycles. The number of likely N-dealkylation sites (tertiary alicyclic amines) is 1. The van der Waals surface area contributed by atoms with Crippen molar-refractivity contribution >= 4 is 11.7 Å². The molecule has 2 atom stereocenters. The van der Waals surface area contributed by atoms with Gasteiger partial charge in [-0.1, -0.05) is 10.4 Å². The van der Waals surface area contributed by atoms with Gasteiger partial charge < -0.3 is 19.5 Å². The lowest BCUT2D eigenvalue weighted by Gasteiger charge is -2.22. The molecule has 0 spiro atoms. The summed E-state index contributed by atoms with van der Waals surface area (Å²) >= 11 is 0. The molecular weight excluding hydrogens is 350 g/mol. The zero-order chi connectivity index (χ0) is 18.8. The van der Waals surface area contributed by atoms with Crippen LogP contribution >= 0.6 is 0 Å². The third-order valence-electron chi connectivity index (χ3n) is 4.49. The van der Waals surface area contributed by atoms with E-state index in [-0.39, 0.29) is 18.2 Å². The Morgan fingerprint density at radius 3 is 2.78 bits per heavy atom. The van der Waals surface area contributed by atoms with E-state index in [1.807, 2.05) is 24.3 Å². The number of aryl methyl sites for hydroxylation is 1. The summed E-state index contributed by atoms with van der Waals surface area (Å²) in [7, 11) is 1.63. The van der Waals surface area contributed by atoms with Gasteiger partial charge in [-0.2, -0.15) is 4.98 Å². The summed E-state index contributed by atoms with van der Waals surface area (Å²) in [5.74, 6) is 0.957. The Hall–Kier alpha value is -3.27. The van der Waals surface area contributed by atoms with Crippen molar-refractivity contribution in [1.29, 1.82) is 0 Å². The van der Waals surface area contributed by atoms with Crippen molar-refractivity contribution in [3.63, 3.8) is 0 Å². The van der Waals surface area contributed by atoms with E-state index in [9.17, 15) is 4.79 Å². The minimum atomic E-state index is -0.314. The Kier molecular flexibility index (Phi) is 4.55. The van der Waals surface area contributed by atoms with Crippen LogP contribution in [0.5, 0.6) is 0 Å². The van der Waals surface area contributed by atoms with Gasteiger partial charge in [-0.25, -0.2) is 9.48 Å². The van der Waals surface area contributed by atoms with Crippen LogP contribution in [0, 0.1) is 6.92 Å². The second-order valence-electron chi connectivity index (χ2n) is 6.27. The molecule has 1 aliphatic heterocycles. The Labute approximate surface area is 155 Å². The van der Waals surface area contributed by atoms with Gasteiger partial charge >= 0.3 is 6.03 Å². The average molecular weight is 369 g/mol. The van der Waals surface area contributed by atoms with Crippen molar-refractivity contribution in [3.05, 3.63) is 48.4 Å². The molecule has 4 rings (SSSR count). The summed E-state index contributed by atoms with van der Waals surface area (Å²) in [6, 6.07) is 6.76. The summed E-state index contributed by atoms with van der Waals surface area (Å²) in [6.45, 7) is 2.20. The molecule has 3 heterocycles. The van der Waals surface area contributed by atoms with Crippen LogP contribution < -0.4 is 5.32 Å². The maximum Gasteiger partial charge on any atom is 0.322 e. The van der Waals surface area contributed by atoms with Gasteiger partial charge in [0.25, 0.3) is 0 Å². The number of carbonyl (C=O) groups excluding carboxylic acids is 1. The highest BCUT2D eigenvalue weighted by Gasteiger charge is 2.39. The fourth-order valence-corrected chi connectivity index (χ4v) is 3.11. The predicted octanol–water partition coefficient (Wildman–Crippen LogP) is 1.95. The average Bonchev–Trinajstić information content (AvgIpc) is 3.42. The molecule has 1 fully saturated rings. The molecule has 2 amide bonds. The summed E-state index contributed by atoms with van der Waals surface area (Å²) in [5, 5.41) is 14.4. The monoisotopic (exact) mass is 369 g/mol. The Morgan fingerprint density at radius 1 is 1.33 bits per heavy atom. The molecule has 0 saturated carbocycles. The van der Waals surface area contributed by atoms with E-state index >= 15 is 0 Å². The number of amides is 2. The molecule has 0 unspecified atom stereocenters. The van der Waals surface area contributed by atoms with Crippen molar-refractivity contribution in [2.75, 3.05) is 19.0 Å². The number of carbonyl (C=O) groups is 1. The smallest absolute Gasteiger partial charge is 0.322 e. The predicted molar refractivity (Wildman–Crippen MR) is 94.3 cm³/mol. The number of ether oxygens (including phenoxy) is 1. The van der Waals surface area contributed by atoms with Crippen LogP contribution in [0.15, 0.2) is 41.2 Å². The summed E-state index contributed by atoms with van der Waals surface area (Å²) < 4.78 is 12.3. The molecule has 27 heavy (non-hydrogen) atoms. The second-order valence-corrected chi connectivity index (χ2v) is 6.27. The zero-order valence-electron chi connectivity index (χ0n) is 14.9. The number of methoxy groups -OCH3 is 1. The summed E-state index contributed by atoms with van der Waals surface area (Å²) in [6.07, 6.45) is 3.88. The number of nitrogens with one attached hydrogen (secondary N) is 1. The van der Waals surface area contributed by atoms with Crippen molar-refractivity contribution < 1.29 is 14.1 Å². The molecule has 140 valence electrons. The highest BCUT2D eigenvalue weighted by atomic mass is 16.5. The normalized spacial score (nSPS) is 19.4. The van der Waals surface area contributed by atoms with Crippen molar-refractivity contribution in [2.24, 2.45) is 0 Å². The third kappa shape index (κ3) is 3.51. The maximum atomic E-state index is 12.8. The fraction of sp³-hybridized carbons (Fsp3) is 0.353. The minimum Gasteiger partial charge on any atom is -0.380 e. The van der Waals surface area contributed by atoms with Crippen LogP contribution in [0.2, 0.25) is 0 Å². The first-order chi connectivity index (χ1) is 13.1. The van der Waals surface area contributed by atoms with Gasteiger partial charge in [0.1, 0.15) is 6.04 Å². The van der Waals surface area contributed by atoms with E-state index in [0.29, 0.717) is 30.4 Å². The number of anilines is 1. The molecule has 0 bridgehead atoms. The SMILES string of the molecule is CO[C@H]1C[C@H](c2nc(C)no2)N(C(=O)Nc2ccc(-n3ccnn3)cc2)C1. The summed E-state index contributed by atoms with van der Waals surface area (Å²) in [5.41, 5.74) is 1.52. The highest BCUT2D eigenvalue weighted by Crippen LogP contribution is 2.33. The Balaban J connectivity index is 1.49. The second kappa shape index (κ2) is 7.16. The van der Waals surface area contributed by atoms with E-state index < -0.39 is 0 Å². The molecule has 0 radical (unpaired) electrons. The van der Waals surface area contributed by atoms with Gasteiger partial charge in [0.05, 0.1) is 24.2 Å². The number of urea groups is 1. The van der Waals surface area contributed by atoms with Crippen LogP contribution in [0.3, 0.4) is 0 Å². The first-order valence-corrected chi connectivity index (χ1v) is 8.51. The third-order valence-corrected chi connectivity index (χ3v) is 4.49. The van der Waals surface area contributed by atoms with E-state index in [1.54, 1.807) is 36.0 Å². The molecule has 1 N–H and O–H groups in total. The van der Waals surface area contributed by atoms with Gasteiger partial charge in [0.2, 0.25) is 5.89 Å². The minimum absolute atomic E-state index is 0.0809. The lowest BCUT2D eigenvalue weighted by Crippen LogP contribution is -2.35. The summed E-state index contributed by atoms with van der Waals surface area (Å²) in [4.78, 5) is 18.8. The van der Waals surface area contributed by atoms with Crippen LogP contribution in [-0.2, 0) is 4.74 Å². The number of aromatic nitrogens is 5. The van der Waals surface area contributed by atoms with Gasteiger partial charge in [-0.3, -0.25) is 0 Å². The van der Waals surface area contributed by atoms with E-state index in [2.05, 4.69) is 25.8 Å². The lowest BCUT2D eigenvalue weighted by atomic mass is 10.2. The Bertz CT molecular complexity index is 907. The molecule has 10 heteroatoms. The largest absolute Gasteiger partial charge is 0.380 e. The standard InChI is InChI=1S/C17H19N7O3/c1-11-19-16(27-21-11)15-9-14(26-2)10-23(15)17(25)20-12-3-5-13(6-4-12)24-8-7-18-22-24/h3-8,14-15H,9-10H2,1-2H3,(H,20,25)/t14-,15+/m0/s1. The number of nitrogens with zero attached hydrogens (tertiary/aromatic N) is 6. The van der Waals surface area contributed by atoms with Gasteiger partial charge in [0.15, 0.2) is 5.82 Å². The first kappa shape index (κ1) is 17.2. The van der Waals surface area contributed by atoms with Gasteiger partial charge in [0, 0.05) is 25.8 Å². The van der Waals surface area contributed by atoms with E-state index in [0.717, 1.165) is 5.69 Å². The quantitative estimate of drug-likeness (QED) is 0.748. The van der Waals surface area contributed by atoms with E-state index in [1.165, 1.54) is 0 Å². The van der Waals surface area contributed by atoms with Gasteiger partial charge in [-0.15, -0.1) is 5.10 Å². The van der Waals surface area contributed by atoms with E-state index in [4.69, 9.17) is 9.26 Å². The molecule has 1 aliphatic rings. The van der Waals surface area contributed by atoms with Crippen molar-refractivity contribution in [3.8, 4) is 5.69 Å².